The van der Waals surface area contributed by atoms with Gasteiger partial charge in [-0.1, -0.05) is 32.6 Å². The molecule has 0 amide bonds. The van der Waals surface area contributed by atoms with E-state index >= 15 is 0 Å². The van der Waals surface area contributed by atoms with Crippen LogP contribution in [0.4, 0.5) is 0 Å². The third-order valence-electron chi connectivity index (χ3n) is 4.20. The molecule has 1 rings (SSSR count). The predicted molar refractivity (Wildman–Crippen MR) is 74.7 cm³/mol. The van der Waals surface area contributed by atoms with E-state index in [4.69, 9.17) is 5.11 Å². The molecule has 0 aliphatic heterocycles. The van der Waals surface area contributed by atoms with Crippen LogP contribution in [0.5, 0.6) is 0 Å². The third-order valence-corrected chi connectivity index (χ3v) is 4.20. The van der Waals surface area contributed by atoms with Gasteiger partial charge in [0.05, 0.1) is 6.54 Å². The largest absolute Gasteiger partial charge is 0.480 e. The molecule has 0 spiro atoms. The molecule has 18 heavy (non-hydrogen) atoms. The molecule has 0 radical (unpaired) electrons. The summed E-state index contributed by atoms with van der Waals surface area (Å²) in [6, 6.07) is 0.803. The van der Waals surface area contributed by atoms with E-state index < -0.39 is 5.97 Å². The molecule has 0 aromatic heterocycles. The summed E-state index contributed by atoms with van der Waals surface area (Å²) < 4.78 is 0. The van der Waals surface area contributed by atoms with E-state index in [0.717, 1.165) is 5.92 Å². The third kappa shape index (κ3) is 4.97. The lowest BCUT2D eigenvalue weighted by atomic mass is 9.95. The highest BCUT2D eigenvalue weighted by Gasteiger charge is 2.26. The molecular formula is C15H29NO2. The lowest BCUT2D eigenvalue weighted by Gasteiger charge is -2.33. The molecular weight excluding hydrogens is 226 g/mol. The van der Waals surface area contributed by atoms with E-state index in [-0.39, 0.29) is 6.54 Å². The Bertz CT molecular complexity index is 253. The van der Waals surface area contributed by atoms with Gasteiger partial charge < -0.3 is 5.11 Å². The molecule has 3 heteroatoms. The first-order valence-corrected chi connectivity index (χ1v) is 7.52. The van der Waals surface area contributed by atoms with E-state index in [0.29, 0.717) is 12.1 Å². The summed E-state index contributed by atoms with van der Waals surface area (Å²) in [7, 11) is 0. The Kier molecular flexibility index (Phi) is 6.69. The quantitative estimate of drug-likeness (QED) is 0.738. The number of hydrogen-bond donors (Lipinski definition) is 1. The normalized spacial score (nSPS) is 25.4. The van der Waals surface area contributed by atoms with E-state index in [1.165, 1.54) is 44.9 Å². The fraction of sp³-hybridized carbons (Fsp3) is 0.933. The zero-order valence-corrected chi connectivity index (χ0v) is 12.2. The van der Waals surface area contributed by atoms with Gasteiger partial charge in [-0.05, 0) is 39.0 Å². The van der Waals surface area contributed by atoms with Crippen LogP contribution in [0.1, 0.15) is 65.7 Å². The van der Waals surface area contributed by atoms with Crippen LogP contribution < -0.4 is 0 Å². The molecule has 3 nitrogen and oxygen atoms in total. The predicted octanol–water partition coefficient (Wildman–Crippen LogP) is 3.53. The number of carboxylic acid groups (broad SMARTS) is 1. The first-order valence-electron chi connectivity index (χ1n) is 7.52. The summed E-state index contributed by atoms with van der Waals surface area (Å²) in [6.45, 7) is 6.67. The van der Waals surface area contributed by atoms with Crippen molar-refractivity contribution in [2.75, 3.05) is 6.54 Å². The van der Waals surface area contributed by atoms with Crippen molar-refractivity contribution < 1.29 is 9.90 Å². The average molecular weight is 255 g/mol. The van der Waals surface area contributed by atoms with Crippen LogP contribution in [-0.2, 0) is 4.79 Å². The minimum atomic E-state index is -0.696. The fourth-order valence-corrected chi connectivity index (χ4v) is 3.28. The standard InChI is InChI=1S/C15H29NO2/c1-4-6-13-7-5-8-14(10-9-13)16(12(2)3)11-15(17)18/h12-14H,4-11H2,1-3H3,(H,17,18). The van der Waals surface area contributed by atoms with Crippen LogP contribution in [0.3, 0.4) is 0 Å². The minimum Gasteiger partial charge on any atom is -0.480 e. The molecule has 1 saturated carbocycles. The van der Waals surface area contributed by atoms with Crippen LogP contribution in [0.25, 0.3) is 0 Å². The zero-order valence-electron chi connectivity index (χ0n) is 12.2. The summed E-state index contributed by atoms with van der Waals surface area (Å²) in [4.78, 5) is 13.1. The first kappa shape index (κ1) is 15.5. The van der Waals surface area contributed by atoms with Crippen molar-refractivity contribution >= 4 is 5.97 Å². The van der Waals surface area contributed by atoms with Crippen LogP contribution in [0, 0.1) is 5.92 Å². The van der Waals surface area contributed by atoms with Crippen molar-refractivity contribution in [1.82, 2.24) is 4.90 Å². The van der Waals surface area contributed by atoms with Gasteiger partial charge in [-0.2, -0.15) is 0 Å². The topological polar surface area (TPSA) is 40.5 Å². The number of carbonyl (C=O) groups is 1. The first-order chi connectivity index (χ1) is 8.54. The lowest BCUT2D eigenvalue weighted by molar-refractivity contribution is -0.139. The van der Waals surface area contributed by atoms with Crippen molar-refractivity contribution in [2.24, 2.45) is 5.92 Å². The molecule has 1 fully saturated rings. The molecule has 0 aromatic carbocycles. The van der Waals surface area contributed by atoms with Crippen LogP contribution in [0.2, 0.25) is 0 Å². The SMILES string of the molecule is CCCC1CCCC(N(CC(=O)O)C(C)C)CC1. The number of carboxylic acids is 1. The molecule has 106 valence electrons. The van der Waals surface area contributed by atoms with E-state index in [1.54, 1.807) is 0 Å². The molecule has 1 aliphatic carbocycles. The van der Waals surface area contributed by atoms with Crippen molar-refractivity contribution in [3.8, 4) is 0 Å². The Hall–Kier alpha value is -0.570. The summed E-state index contributed by atoms with van der Waals surface area (Å²) >= 11 is 0. The Morgan fingerprint density at radius 1 is 1.28 bits per heavy atom. The number of hydrogen-bond acceptors (Lipinski definition) is 2. The second-order valence-corrected chi connectivity index (χ2v) is 5.98. The van der Waals surface area contributed by atoms with Crippen LogP contribution in [0.15, 0.2) is 0 Å². The van der Waals surface area contributed by atoms with Crippen LogP contribution in [-0.4, -0.2) is 34.6 Å². The van der Waals surface area contributed by atoms with Crippen LogP contribution >= 0.6 is 0 Å². The van der Waals surface area contributed by atoms with Gasteiger partial charge in [-0.15, -0.1) is 0 Å². The molecule has 1 aliphatic rings. The van der Waals surface area contributed by atoms with Crippen molar-refractivity contribution in [3.05, 3.63) is 0 Å². The van der Waals surface area contributed by atoms with Crippen molar-refractivity contribution in [2.45, 2.75) is 77.8 Å². The maximum absolute atomic E-state index is 11.0. The van der Waals surface area contributed by atoms with E-state index in [1.807, 2.05) is 0 Å². The Morgan fingerprint density at radius 3 is 2.56 bits per heavy atom. The van der Waals surface area contributed by atoms with Crippen molar-refractivity contribution in [1.29, 1.82) is 0 Å². The molecule has 0 heterocycles. The second kappa shape index (κ2) is 7.78. The van der Waals surface area contributed by atoms with Gasteiger partial charge in [0, 0.05) is 12.1 Å². The highest BCUT2D eigenvalue weighted by molar-refractivity contribution is 5.69. The van der Waals surface area contributed by atoms with Gasteiger partial charge in [0.1, 0.15) is 0 Å². The summed E-state index contributed by atoms with van der Waals surface area (Å²) in [5.74, 6) is 0.178. The van der Waals surface area contributed by atoms with Gasteiger partial charge >= 0.3 is 5.97 Å². The van der Waals surface area contributed by atoms with E-state index in [2.05, 4.69) is 25.7 Å². The second-order valence-electron chi connectivity index (χ2n) is 5.98. The molecule has 2 unspecified atom stereocenters. The Labute approximate surface area is 112 Å². The lowest BCUT2D eigenvalue weighted by Crippen LogP contribution is -2.43. The van der Waals surface area contributed by atoms with Gasteiger partial charge in [0.15, 0.2) is 0 Å². The van der Waals surface area contributed by atoms with Gasteiger partial charge in [0.25, 0.3) is 0 Å². The zero-order chi connectivity index (χ0) is 13.5. The number of nitrogens with zero attached hydrogens (tertiary/aromatic N) is 1. The molecule has 0 aromatic rings. The number of aliphatic carboxylic acids is 1. The molecule has 0 bridgehead atoms. The summed E-state index contributed by atoms with van der Waals surface area (Å²) in [5, 5.41) is 9.03. The molecule has 0 saturated heterocycles. The maximum atomic E-state index is 11.0. The minimum absolute atomic E-state index is 0.195. The molecule has 1 N–H and O–H groups in total. The van der Waals surface area contributed by atoms with Gasteiger partial charge in [-0.25, -0.2) is 0 Å². The Morgan fingerprint density at radius 2 is 2.00 bits per heavy atom. The fourth-order valence-electron chi connectivity index (χ4n) is 3.28. The van der Waals surface area contributed by atoms with Gasteiger partial charge in [0.2, 0.25) is 0 Å². The van der Waals surface area contributed by atoms with Gasteiger partial charge in [-0.3, -0.25) is 9.69 Å². The summed E-state index contributed by atoms with van der Waals surface area (Å²) in [6.07, 6.45) is 8.84. The highest BCUT2D eigenvalue weighted by Crippen LogP contribution is 2.29. The van der Waals surface area contributed by atoms with Crippen molar-refractivity contribution in [3.63, 3.8) is 0 Å². The maximum Gasteiger partial charge on any atom is 0.317 e. The molecule has 2 atom stereocenters. The highest BCUT2D eigenvalue weighted by atomic mass is 16.4. The number of rotatable bonds is 6. The summed E-state index contributed by atoms with van der Waals surface area (Å²) in [5.41, 5.74) is 0. The average Bonchev–Trinajstić information content (AvgIpc) is 2.51. The Balaban J connectivity index is 2.55. The smallest absolute Gasteiger partial charge is 0.317 e. The van der Waals surface area contributed by atoms with E-state index in [9.17, 15) is 4.79 Å². The monoisotopic (exact) mass is 255 g/mol.